The Morgan fingerprint density at radius 3 is 3.11 bits per heavy atom. The molecule has 0 radical (unpaired) electrons. The molecule has 2 aromatic rings. The Kier molecular flexibility index (Phi) is 3.96. The van der Waals surface area contributed by atoms with Gasteiger partial charge >= 0.3 is 0 Å². The molecule has 2 N–H and O–H groups in total. The number of ether oxygens (including phenoxy) is 1. The molecule has 0 saturated heterocycles. The van der Waals surface area contributed by atoms with Crippen LogP contribution >= 0.6 is 0 Å². The van der Waals surface area contributed by atoms with Gasteiger partial charge in [0.05, 0.1) is 0 Å². The van der Waals surface area contributed by atoms with E-state index in [2.05, 4.69) is 15.4 Å². The molecule has 102 valence electrons. The van der Waals surface area contributed by atoms with E-state index in [9.17, 15) is 9.59 Å². The van der Waals surface area contributed by atoms with Crippen molar-refractivity contribution < 1.29 is 9.53 Å². The number of aromatic amines is 1. The Morgan fingerprint density at radius 2 is 2.37 bits per heavy atom. The summed E-state index contributed by atoms with van der Waals surface area (Å²) in [5.41, 5.74) is 1.05. The van der Waals surface area contributed by atoms with Crippen LogP contribution in [0, 0.1) is 6.92 Å². The number of rotatable bonds is 5. The zero-order valence-electron chi connectivity index (χ0n) is 10.9. The Balaban J connectivity index is 2.21. The first kappa shape index (κ1) is 13.3. The van der Waals surface area contributed by atoms with E-state index in [0.29, 0.717) is 30.1 Å². The first-order valence-electron chi connectivity index (χ1n) is 5.98. The molecule has 2 rings (SSSR count). The lowest BCUT2D eigenvalue weighted by Crippen LogP contribution is -2.25. The van der Waals surface area contributed by atoms with Gasteiger partial charge in [0.25, 0.3) is 11.5 Å². The second kappa shape index (κ2) is 5.66. The molecule has 7 heteroatoms. The topological polar surface area (TPSA) is 88.5 Å². The first-order valence-corrected chi connectivity index (χ1v) is 5.98. The van der Waals surface area contributed by atoms with E-state index in [4.69, 9.17) is 4.74 Å². The molecular weight excluding hydrogens is 248 g/mol. The third kappa shape index (κ3) is 2.82. The summed E-state index contributed by atoms with van der Waals surface area (Å²) in [6, 6.07) is 1.41. The second-order valence-electron chi connectivity index (χ2n) is 4.18. The van der Waals surface area contributed by atoms with Crippen molar-refractivity contribution in [3.05, 3.63) is 33.9 Å². The molecule has 0 saturated carbocycles. The van der Waals surface area contributed by atoms with Crippen molar-refractivity contribution >= 4 is 11.6 Å². The molecule has 0 aliphatic carbocycles. The van der Waals surface area contributed by atoms with Crippen LogP contribution in [-0.4, -0.2) is 40.8 Å². The molecule has 0 aliphatic rings. The number of carbonyl (C=O) groups is 1. The Hall–Kier alpha value is -2.15. The van der Waals surface area contributed by atoms with E-state index < -0.39 is 0 Å². The predicted octanol–water partition coefficient (Wildman–Crippen LogP) is 0.0973. The quantitative estimate of drug-likeness (QED) is 0.749. The van der Waals surface area contributed by atoms with Crippen molar-refractivity contribution in [2.45, 2.75) is 13.3 Å². The monoisotopic (exact) mass is 264 g/mol. The van der Waals surface area contributed by atoms with Crippen molar-refractivity contribution in [2.24, 2.45) is 0 Å². The number of aromatic nitrogens is 3. The lowest BCUT2D eigenvalue weighted by atomic mass is 10.3. The van der Waals surface area contributed by atoms with Crippen LogP contribution in [0.4, 0.5) is 0 Å². The molecule has 0 aliphatic heterocycles. The molecule has 1 amide bonds. The molecular formula is C12H16N4O3. The Bertz CT molecular complexity index is 644. The Labute approximate surface area is 109 Å². The van der Waals surface area contributed by atoms with Crippen LogP contribution in [0.25, 0.3) is 5.65 Å². The number of fused-ring (bicyclic) bond motifs is 1. The zero-order valence-corrected chi connectivity index (χ0v) is 10.9. The lowest BCUT2D eigenvalue weighted by Gasteiger charge is -2.03. The highest BCUT2D eigenvalue weighted by atomic mass is 16.5. The number of nitrogens with one attached hydrogen (secondary N) is 2. The SMILES string of the molecule is COCCCNC(=O)c1c[nH]n2c(=O)cc(C)nc12. The summed E-state index contributed by atoms with van der Waals surface area (Å²) in [6.07, 6.45) is 2.21. The smallest absolute Gasteiger partial charge is 0.272 e. The number of nitrogens with zero attached hydrogens (tertiary/aromatic N) is 2. The van der Waals surface area contributed by atoms with Gasteiger partial charge in [0, 0.05) is 38.2 Å². The number of hydrogen-bond acceptors (Lipinski definition) is 4. The van der Waals surface area contributed by atoms with Gasteiger partial charge in [0.1, 0.15) is 5.56 Å². The molecule has 7 nitrogen and oxygen atoms in total. The van der Waals surface area contributed by atoms with Crippen molar-refractivity contribution in [3.63, 3.8) is 0 Å². The number of amides is 1. The lowest BCUT2D eigenvalue weighted by molar-refractivity contribution is 0.0950. The van der Waals surface area contributed by atoms with Crippen molar-refractivity contribution in [1.29, 1.82) is 0 Å². The van der Waals surface area contributed by atoms with E-state index >= 15 is 0 Å². The van der Waals surface area contributed by atoms with Crippen molar-refractivity contribution in [3.8, 4) is 0 Å². The summed E-state index contributed by atoms with van der Waals surface area (Å²) >= 11 is 0. The van der Waals surface area contributed by atoms with Gasteiger partial charge in [-0.25, -0.2) is 9.50 Å². The number of H-pyrrole nitrogens is 1. The average Bonchev–Trinajstić information content (AvgIpc) is 2.78. The van der Waals surface area contributed by atoms with E-state index in [-0.39, 0.29) is 11.5 Å². The fourth-order valence-electron chi connectivity index (χ4n) is 1.78. The molecule has 0 bridgehead atoms. The standard InChI is InChI=1S/C12H16N4O3/c1-8-6-10(17)16-11(15-8)9(7-14-16)12(18)13-4-3-5-19-2/h6-7,14H,3-5H2,1-2H3,(H,13,18). The minimum atomic E-state index is -0.257. The van der Waals surface area contributed by atoms with Gasteiger partial charge < -0.3 is 10.1 Å². The van der Waals surface area contributed by atoms with Crippen LogP contribution in [0.15, 0.2) is 17.1 Å². The number of hydrogen-bond donors (Lipinski definition) is 2. The van der Waals surface area contributed by atoms with Gasteiger partial charge in [0.2, 0.25) is 0 Å². The van der Waals surface area contributed by atoms with E-state index in [0.717, 1.165) is 6.42 Å². The highest BCUT2D eigenvalue weighted by Crippen LogP contribution is 2.06. The molecule has 0 fully saturated rings. The van der Waals surface area contributed by atoms with Gasteiger partial charge in [-0.3, -0.25) is 14.7 Å². The van der Waals surface area contributed by atoms with Crippen LogP contribution in [-0.2, 0) is 4.74 Å². The molecule has 0 spiro atoms. The first-order chi connectivity index (χ1) is 9.13. The average molecular weight is 264 g/mol. The maximum Gasteiger partial charge on any atom is 0.272 e. The van der Waals surface area contributed by atoms with Crippen LogP contribution in [0.5, 0.6) is 0 Å². The zero-order chi connectivity index (χ0) is 13.8. The third-order valence-electron chi connectivity index (χ3n) is 2.68. The van der Waals surface area contributed by atoms with Gasteiger partial charge in [-0.2, -0.15) is 0 Å². The second-order valence-corrected chi connectivity index (χ2v) is 4.18. The van der Waals surface area contributed by atoms with Gasteiger partial charge in [-0.1, -0.05) is 0 Å². The maximum atomic E-state index is 12.0. The van der Waals surface area contributed by atoms with E-state index in [1.54, 1.807) is 14.0 Å². The number of aryl methyl sites for hydroxylation is 1. The van der Waals surface area contributed by atoms with E-state index in [1.165, 1.54) is 16.8 Å². The normalized spacial score (nSPS) is 10.8. The highest BCUT2D eigenvalue weighted by molar-refractivity contribution is 5.99. The minimum absolute atomic E-state index is 0.235. The van der Waals surface area contributed by atoms with Gasteiger partial charge in [0.15, 0.2) is 5.65 Å². The summed E-state index contributed by atoms with van der Waals surface area (Å²) in [5.74, 6) is -0.257. The number of methoxy groups -OCH3 is 1. The van der Waals surface area contributed by atoms with Crippen LogP contribution in [0.2, 0.25) is 0 Å². The maximum absolute atomic E-state index is 12.0. The molecule has 0 aromatic carbocycles. The third-order valence-corrected chi connectivity index (χ3v) is 2.68. The molecule has 0 atom stereocenters. The van der Waals surface area contributed by atoms with E-state index in [1.807, 2.05) is 0 Å². The molecule has 2 aromatic heterocycles. The van der Waals surface area contributed by atoms with Gasteiger partial charge in [-0.15, -0.1) is 0 Å². The molecule has 2 heterocycles. The summed E-state index contributed by atoms with van der Waals surface area (Å²) in [6.45, 7) is 2.82. The summed E-state index contributed by atoms with van der Waals surface area (Å²) in [7, 11) is 1.61. The van der Waals surface area contributed by atoms with Crippen molar-refractivity contribution in [1.82, 2.24) is 19.9 Å². The van der Waals surface area contributed by atoms with Crippen LogP contribution in [0.1, 0.15) is 22.5 Å². The number of carbonyl (C=O) groups excluding carboxylic acids is 1. The molecule has 0 unspecified atom stereocenters. The predicted molar refractivity (Wildman–Crippen MR) is 69.4 cm³/mol. The van der Waals surface area contributed by atoms with Crippen LogP contribution < -0.4 is 10.9 Å². The minimum Gasteiger partial charge on any atom is -0.385 e. The largest absolute Gasteiger partial charge is 0.385 e. The van der Waals surface area contributed by atoms with Crippen molar-refractivity contribution in [2.75, 3.05) is 20.3 Å². The van der Waals surface area contributed by atoms with Gasteiger partial charge in [-0.05, 0) is 13.3 Å². The summed E-state index contributed by atoms with van der Waals surface area (Å²) in [4.78, 5) is 27.9. The summed E-state index contributed by atoms with van der Waals surface area (Å²) in [5, 5.41) is 5.48. The highest BCUT2D eigenvalue weighted by Gasteiger charge is 2.14. The molecule has 19 heavy (non-hydrogen) atoms. The fraction of sp³-hybridized carbons (Fsp3) is 0.417. The Morgan fingerprint density at radius 1 is 1.58 bits per heavy atom. The van der Waals surface area contributed by atoms with Crippen LogP contribution in [0.3, 0.4) is 0 Å². The fourth-order valence-corrected chi connectivity index (χ4v) is 1.78. The summed E-state index contributed by atoms with van der Waals surface area (Å²) < 4.78 is 6.15.